The van der Waals surface area contributed by atoms with Gasteiger partial charge < -0.3 is 10.4 Å². The first-order valence-electron chi connectivity index (χ1n) is 7.46. The van der Waals surface area contributed by atoms with Crippen LogP contribution in [0.3, 0.4) is 0 Å². The van der Waals surface area contributed by atoms with E-state index >= 15 is 0 Å². The van der Waals surface area contributed by atoms with Crippen LogP contribution < -0.4 is 5.32 Å². The number of aliphatic carboxylic acids is 1. The summed E-state index contributed by atoms with van der Waals surface area (Å²) in [5.41, 5.74) is 0.717. The van der Waals surface area contributed by atoms with E-state index in [-0.39, 0.29) is 12.5 Å². The zero-order chi connectivity index (χ0) is 17.7. The van der Waals surface area contributed by atoms with Crippen LogP contribution in [0, 0.1) is 5.92 Å². The second kappa shape index (κ2) is 7.87. The predicted octanol–water partition coefficient (Wildman–Crippen LogP) is 1.61. The molecule has 1 amide bonds. The Kier molecular flexibility index (Phi) is 5.86. The number of carboxylic acid groups (broad SMARTS) is 1. The Morgan fingerprint density at radius 2 is 2.00 bits per heavy atom. The largest absolute Gasteiger partial charge is 0.480 e. The fourth-order valence-corrected chi connectivity index (χ4v) is 2.18. The number of nitrogens with zero attached hydrogens (tertiary/aromatic N) is 4. The molecule has 1 aromatic heterocycles. The number of benzene rings is 1. The molecule has 2 aromatic rings. The van der Waals surface area contributed by atoms with Crippen molar-refractivity contribution < 1.29 is 14.7 Å². The van der Waals surface area contributed by atoms with Gasteiger partial charge >= 0.3 is 5.97 Å². The van der Waals surface area contributed by atoms with Crippen LogP contribution in [0.1, 0.15) is 20.3 Å². The number of halogens is 1. The van der Waals surface area contributed by atoms with Crippen LogP contribution in [0.2, 0.25) is 5.02 Å². The molecule has 2 N–H and O–H groups in total. The van der Waals surface area contributed by atoms with Crippen molar-refractivity contribution in [1.82, 2.24) is 25.5 Å². The quantitative estimate of drug-likeness (QED) is 0.784. The number of carbonyl (C=O) groups is 2. The van der Waals surface area contributed by atoms with Crippen molar-refractivity contribution in [2.75, 3.05) is 0 Å². The van der Waals surface area contributed by atoms with Crippen molar-refractivity contribution >= 4 is 23.5 Å². The molecule has 0 aliphatic rings. The highest BCUT2D eigenvalue weighted by molar-refractivity contribution is 6.30. The van der Waals surface area contributed by atoms with E-state index in [1.54, 1.807) is 31.2 Å². The summed E-state index contributed by atoms with van der Waals surface area (Å²) < 4.78 is 0. The van der Waals surface area contributed by atoms with Crippen molar-refractivity contribution in [1.29, 1.82) is 0 Å². The van der Waals surface area contributed by atoms with Crippen LogP contribution in [0.25, 0.3) is 11.4 Å². The first-order valence-corrected chi connectivity index (χ1v) is 7.84. The number of hydrogen-bond acceptors (Lipinski definition) is 5. The van der Waals surface area contributed by atoms with Gasteiger partial charge in [-0.2, -0.15) is 4.80 Å². The molecule has 0 radical (unpaired) electrons. The standard InChI is InChI=1S/C15H18ClN5O3/c1-3-9(2)13(15(23)24)17-12(22)8-21-19-14(18-20-21)10-4-6-11(16)7-5-10/h4-7,9,13H,3,8H2,1-2H3,(H,17,22)(H,23,24). The van der Waals surface area contributed by atoms with Crippen LogP contribution in [0.15, 0.2) is 24.3 Å². The van der Waals surface area contributed by atoms with Gasteiger partial charge in [-0.1, -0.05) is 31.9 Å². The lowest BCUT2D eigenvalue weighted by Crippen LogP contribution is -2.46. The molecule has 2 rings (SSSR count). The molecular formula is C15H18ClN5O3. The highest BCUT2D eigenvalue weighted by atomic mass is 35.5. The number of amides is 1. The topological polar surface area (TPSA) is 110 Å². The minimum atomic E-state index is -1.06. The lowest BCUT2D eigenvalue weighted by molar-refractivity contribution is -0.143. The van der Waals surface area contributed by atoms with Crippen molar-refractivity contribution in [3.63, 3.8) is 0 Å². The Labute approximate surface area is 143 Å². The van der Waals surface area contributed by atoms with E-state index < -0.39 is 17.9 Å². The molecule has 1 aromatic carbocycles. The van der Waals surface area contributed by atoms with Crippen LogP contribution >= 0.6 is 11.6 Å². The second-order valence-corrected chi connectivity index (χ2v) is 5.86. The highest BCUT2D eigenvalue weighted by Gasteiger charge is 2.25. The average molecular weight is 352 g/mol. The number of carboxylic acids is 1. The van der Waals surface area contributed by atoms with E-state index in [1.165, 1.54) is 0 Å². The second-order valence-electron chi connectivity index (χ2n) is 5.42. The van der Waals surface area contributed by atoms with Crippen LogP contribution in [-0.2, 0) is 16.1 Å². The molecule has 0 aliphatic heterocycles. The number of hydrogen-bond donors (Lipinski definition) is 2. The Hall–Kier alpha value is -2.48. The fraction of sp³-hybridized carbons (Fsp3) is 0.400. The Bertz CT molecular complexity index is 716. The molecule has 0 aliphatic carbocycles. The molecule has 2 atom stereocenters. The summed E-state index contributed by atoms with van der Waals surface area (Å²) >= 11 is 5.82. The van der Waals surface area contributed by atoms with Crippen molar-refractivity contribution in [2.45, 2.75) is 32.9 Å². The minimum absolute atomic E-state index is 0.181. The first kappa shape index (κ1) is 17.9. The molecule has 0 saturated heterocycles. The lowest BCUT2D eigenvalue weighted by Gasteiger charge is -2.19. The summed E-state index contributed by atoms with van der Waals surface area (Å²) in [6, 6.07) is 5.95. The summed E-state index contributed by atoms with van der Waals surface area (Å²) in [4.78, 5) is 24.4. The molecule has 9 heteroatoms. The van der Waals surface area contributed by atoms with Gasteiger partial charge in [-0.15, -0.1) is 10.2 Å². The van der Waals surface area contributed by atoms with E-state index in [9.17, 15) is 14.7 Å². The lowest BCUT2D eigenvalue weighted by atomic mass is 9.99. The Morgan fingerprint density at radius 1 is 1.33 bits per heavy atom. The summed E-state index contributed by atoms with van der Waals surface area (Å²) in [7, 11) is 0. The maximum atomic E-state index is 12.0. The van der Waals surface area contributed by atoms with Gasteiger partial charge in [0, 0.05) is 10.6 Å². The van der Waals surface area contributed by atoms with E-state index in [0.29, 0.717) is 22.8 Å². The van der Waals surface area contributed by atoms with Crippen LogP contribution in [0.5, 0.6) is 0 Å². The van der Waals surface area contributed by atoms with Gasteiger partial charge in [0.15, 0.2) is 0 Å². The maximum absolute atomic E-state index is 12.0. The van der Waals surface area contributed by atoms with Crippen LogP contribution in [0.4, 0.5) is 0 Å². The molecule has 0 spiro atoms. The highest BCUT2D eigenvalue weighted by Crippen LogP contribution is 2.16. The molecular weight excluding hydrogens is 334 g/mol. The number of tetrazole rings is 1. The molecule has 2 unspecified atom stereocenters. The Morgan fingerprint density at radius 3 is 2.58 bits per heavy atom. The third-order valence-electron chi connectivity index (χ3n) is 3.64. The first-order chi connectivity index (χ1) is 11.4. The van der Waals surface area contributed by atoms with Gasteiger partial charge in [0.05, 0.1) is 0 Å². The normalized spacial score (nSPS) is 13.3. The Balaban J connectivity index is 2.02. The average Bonchev–Trinajstić information content (AvgIpc) is 3.00. The zero-order valence-electron chi connectivity index (χ0n) is 13.3. The number of nitrogens with one attached hydrogen (secondary N) is 1. The number of aromatic nitrogens is 4. The zero-order valence-corrected chi connectivity index (χ0v) is 14.1. The molecule has 0 fully saturated rings. The number of carbonyl (C=O) groups excluding carboxylic acids is 1. The molecule has 0 bridgehead atoms. The monoisotopic (exact) mass is 351 g/mol. The third kappa shape index (κ3) is 4.51. The summed E-state index contributed by atoms with van der Waals surface area (Å²) in [5.74, 6) is -1.37. The summed E-state index contributed by atoms with van der Waals surface area (Å²) in [6.07, 6.45) is 0.638. The molecule has 8 nitrogen and oxygen atoms in total. The third-order valence-corrected chi connectivity index (χ3v) is 3.89. The van der Waals surface area contributed by atoms with Crippen molar-refractivity contribution in [3.8, 4) is 11.4 Å². The molecule has 128 valence electrons. The summed E-state index contributed by atoms with van der Waals surface area (Å²) in [6.45, 7) is 3.43. The van der Waals surface area contributed by atoms with Gasteiger partial charge in [-0.25, -0.2) is 4.79 Å². The van der Waals surface area contributed by atoms with E-state index in [2.05, 4.69) is 20.7 Å². The smallest absolute Gasteiger partial charge is 0.326 e. The van der Waals surface area contributed by atoms with Crippen LogP contribution in [-0.4, -0.2) is 43.2 Å². The van der Waals surface area contributed by atoms with E-state index in [1.807, 2.05) is 6.92 Å². The van der Waals surface area contributed by atoms with Crippen molar-refractivity contribution in [2.24, 2.45) is 5.92 Å². The van der Waals surface area contributed by atoms with Gasteiger partial charge in [-0.3, -0.25) is 4.79 Å². The summed E-state index contributed by atoms with van der Waals surface area (Å²) in [5, 5.41) is 24.1. The molecule has 0 saturated carbocycles. The van der Waals surface area contributed by atoms with Crippen molar-refractivity contribution in [3.05, 3.63) is 29.3 Å². The maximum Gasteiger partial charge on any atom is 0.326 e. The molecule has 24 heavy (non-hydrogen) atoms. The molecule has 1 heterocycles. The van der Waals surface area contributed by atoms with Gasteiger partial charge in [-0.05, 0) is 35.4 Å². The van der Waals surface area contributed by atoms with E-state index in [4.69, 9.17) is 11.6 Å². The van der Waals surface area contributed by atoms with E-state index in [0.717, 1.165) is 4.80 Å². The minimum Gasteiger partial charge on any atom is -0.480 e. The predicted molar refractivity (Wildman–Crippen MR) is 87.3 cm³/mol. The number of rotatable bonds is 7. The van der Waals surface area contributed by atoms with Gasteiger partial charge in [0.1, 0.15) is 12.6 Å². The fourth-order valence-electron chi connectivity index (χ4n) is 2.06. The SMILES string of the molecule is CCC(C)C(NC(=O)Cn1nnc(-c2ccc(Cl)cc2)n1)C(=O)O. The van der Waals surface area contributed by atoms with Gasteiger partial charge in [0.2, 0.25) is 11.7 Å². The van der Waals surface area contributed by atoms with Gasteiger partial charge in [0.25, 0.3) is 0 Å².